The van der Waals surface area contributed by atoms with E-state index in [-0.39, 0.29) is 5.91 Å². The molecule has 3 rings (SSSR count). The van der Waals surface area contributed by atoms with Crippen LogP contribution in [0, 0.1) is 0 Å². The summed E-state index contributed by atoms with van der Waals surface area (Å²) in [6.07, 6.45) is 6.13. The average molecular weight is 344 g/mol. The minimum absolute atomic E-state index is 0.192. The van der Waals surface area contributed by atoms with E-state index < -0.39 is 0 Å². The first kappa shape index (κ1) is 18.2. The van der Waals surface area contributed by atoms with Crippen molar-refractivity contribution in [3.63, 3.8) is 0 Å². The molecule has 25 heavy (non-hydrogen) atoms. The van der Waals surface area contributed by atoms with E-state index in [9.17, 15) is 4.79 Å². The smallest absolute Gasteiger partial charge is 0.254 e. The molecular weight excluding hydrogens is 310 g/mol. The Labute approximate surface area is 152 Å². The summed E-state index contributed by atoms with van der Waals surface area (Å²) in [5, 5.41) is 0. The highest BCUT2D eigenvalue weighted by Gasteiger charge is 2.36. The lowest BCUT2D eigenvalue weighted by molar-refractivity contribution is 0.0737. The molecule has 0 spiro atoms. The molecule has 2 atom stereocenters. The number of anilines is 1. The number of benzene rings is 1. The van der Waals surface area contributed by atoms with Gasteiger partial charge in [0.2, 0.25) is 0 Å². The van der Waals surface area contributed by atoms with E-state index in [0.717, 1.165) is 25.1 Å². The molecule has 2 aliphatic heterocycles. The zero-order valence-electron chi connectivity index (χ0n) is 16.1. The molecule has 0 N–H and O–H groups in total. The van der Waals surface area contributed by atoms with Crippen molar-refractivity contribution in [2.45, 2.75) is 58.0 Å². The zero-order valence-corrected chi connectivity index (χ0v) is 16.1. The van der Waals surface area contributed by atoms with Crippen molar-refractivity contribution in [1.29, 1.82) is 0 Å². The summed E-state index contributed by atoms with van der Waals surface area (Å²) in [6.45, 7) is 8.77. The molecule has 2 saturated heterocycles. The minimum atomic E-state index is 0.192. The average Bonchev–Trinajstić information content (AvgIpc) is 3.28. The van der Waals surface area contributed by atoms with Gasteiger partial charge in [-0.2, -0.15) is 0 Å². The van der Waals surface area contributed by atoms with Crippen LogP contribution in [0.4, 0.5) is 5.69 Å². The number of nitrogens with zero attached hydrogens (tertiary/aromatic N) is 3. The quantitative estimate of drug-likeness (QED) is 0.789. The molecule has 0 saturated carbocycles. The van der Waals surface area contributed by atoms with Crippen molar-refractivity contribution in [2.75, 3.05) is 38.1 Å². The van der Waals surface area contributed by atoms with Crippen molar-refractivity contribution in [2.24, 2.45) is 0 Å². The van der Waals surface area contributed by atoms with E-state index in [1.165, 1.54) is 44.5 Å². The maximum absolute atomic E-state index is 13.0. The van der Waals surface area contributed by atoms with Crippen LogP contribution in [-0.4, -0.2) is 61.0 Å². The maximum Gasteiger partial charge on any atom is 0.254 e. The van der Waals surface area contributed by atoms with Gasteiger partial charge in [0.15, 0.2) is 0 Å². The van der Waals surface area contributed by atoms with Crippen LogP contribution in [-0.2, 0) is 0 Å². The Morgan fingerprint density at radius 2 is 1.88 bits per heavy atom. The highest BCUT2D eigenvalue weighted by Crippen LogP contribution is 2.27. The number of carbonyl (C=O) groups is 1. The first-order valence-electron chi connectivity index (χ1n) is 9.96. The molecule has 138 valence electrons. The van der Waals surface area contributed by atoms with E-state index in [1.807, 2.05) is 12.1 Å². The summed E-state index contributed by atoms with van der Waals surface area (Å²) in [5.41, 5.74) is 2.01. The Morgan fingerprint density at radius 3 is 2.52 bits per heavy atom. The minimum Gasteiger partial charge on any atom is -0.375 e. The molecule has 4 nitrogen and oxygen atoms in total. The largest absolute Gasteiger partial charge is 0.375 e. The summed E-state index contributed by atoms with van der Waals surface area (Å²) < 4.78 is 0. The first-order chi connectivity index (χ1) is 12.1. The molecule has 0 unspecified atom stereocenters. The number of hydrogen-bond acceptors (Lipinski definition) is 3. The molecule has 1 amide bonds. The first-order valence-corrected chi connectivity index (χ1v) is 9.96. The van der Waals surface area contributed by atoms with Gasteiger partial charge in [0.25, 0.3) is 5.91 Å². The zero-order chi connectivity index (χ0) is 17.8. The molecule has 0 aliphatic carbocycles. The summed E-state index contributed by atoms with van der Waals surface area (Å²) in [4.78, 5) is 19.9. The van der Waals surface area contributed by atoms with Gasteiger partial charge in [-0.05, 0) is 70.0 Å². The molecule has 1 aromatic rings. The van der Waals surface area contributed by atoms with Crippen LogP contribution in [0.25, 0.3) is 0 Å². The normalized spacial score (nSPS) is 24.0. The summed E-state index contributed by atoms with van der Waals surface area (Å²) >= 11 is 0. The fourth-order valence-electron chi connectivity index (χ4n) is 4.21. The van der Waals surface area contributed by atoms with Gasteiger partial charge >= 0.3 is 0 Å². The number of amides is 1. The molecule has 0 bridgehead atoms. The van der Waals surface area contributed by atoms with Crippen molar-refractivity contribution < 1.29 is 4.79 Å². The Bertz CT molecular complexity index is 565. The lowest BCUT2D eigenvalue weighted by atomic mass is 10.1. The van der Waals surface area contributed by atoms with Gasteiger partial charge < -0.3 is 9.80 Å². The molecule has 0 aromatic heterocycles. The molecule has 0 radical (unpaired) electrons. The number of rotatable bonds is 6. The van der Waals surface area contributed by atoms with Crippen LogP contribution in [0.2, 0.25) is 0 Å². The van der Waals surface area contributed by atoms with Gasteiger partial charge in [-0.25, -0.2) is 0 Å². The Kier molecular flexibility index (Phi) is 6.00. The van der Waals surface area contributed by atoms with Gasteiger partial charge in [-0.15, -0.1) is 0 Å². The Morgan fingerprint density at radius 1 is 1.20 bits per heavy atom. The fourth-order valence-corrected chi connectivity index (χ4v) is 4.21. The summed E-state index contributed by atoms with van der Waals surface area (Å²) in [6, 6.07) is 9.06. The lowest BCUT2D eigenvalue weighted by Crippen LogP contribution is -2.38. The van der Waals surface area contributed by atoms with Gasteiger partial charge in [0.1, 0.15) is 0 Å². The topological polar surface area (TPSA) is 26.8 Å². The number of hydrogen-bond donors (Lipinski definition) is 0. The molecule has 2 heterocycles. The summed E-state index contributed by atoms with van der Waals surface area (Å²) in [7, 11) is 2.12. The third kappa shape index (κ3) is 4.17. The SMILES string of the molecule is CCCCN(C)c1ccc(C(=O)N2C[C@@H](N3CCCC3)C[C@@H]2C)cc1. The molecule has 2 fully saturated rings. The predicted octanol–water partition coefficient (Wildman–Crippen LogP) is 3.62. The van der Waals surface area contributed by atoms with Crippen LogP contribution < -0.4 is 4.90 Å². The molecule has 4 heteroatoms. The Balaban J connectivity index is 1.62. The molecule has 1 aromatic carbocycles. The van der Waals surface area contributed by atoms with Crippen molar-refractivity contribution in [1.82, 2.24) is 9.80 Å². The van der Waals surface area contributed by atoms with Crippen LogP contribution in [0.3, 0.4) is 0 Å². The number of unbranched alkanes of at least 4 members (excludes halogenated alkanes) is 1. The van der Waals surface area contributed by atoms with Crippen molar-refractivity contribution >= 4 is 11.6 Å². The van der Waals surface area contributed by atoms with Crippen LogP contribution >= 0.6 is 0 Å². The lowest BCUT2D eigenvalue weighted by Gasteiger charge is -2.24. The monoisotopic (exact) mass is 343 g/mol. The van der Waals surface area contributed by atoms with E-state index in [1.54, 1.807) is 0 Å². The third-order valence-corrected chi connectivity index (χ3v) is 5.87. The highest BCUT2D eigenvalue weighted by molar-refractivity contribution is 5.95. The predicted molar refractivity (Wildman–Crippen MR) is 104 cm³/mol. The molecule has 2 aliphatic rings. The van der Waals surface area contributed by atoms with Crippen LogP contribution in [0.15, 0.2) is 24.3 Å². The standard InChI is InChI=1S/C21H33N3O/c1-4-5-12-22(3)19-10-8-18(9-11-19)21(25)24-16-20(15-17(24)2)23-13-6-7-14-23/h8-11,17,20H,4-7,12-16H2,1-3H3/t17-,20-/m0/s1. The van der Waals surface area contributed by atoms with E-state index in [0.29, 0.717) is 12.1 Å². The second-order valence-electron chi connectivity index (χ2n) is 7.76. The highest BCUT2D eigenvalue weighted by atomic mass is 16.2. The fraction of sp³-hybridized carbons (Fsp3) is 0.667. The molecular formula is C21H33N3O. The maximum atomic E-state index is 13.0. The summed E-state index contributed by atoms with van der Waals surface area (Å²) in [5.74, 6) is 0.192. The third-order valence-electron chi connectivity index (χ3n) is 5.87. The van der Waals surface area contributed by atoms with Crippen molar-refractivity contribution in [3.05, 3.63) is 29.8 Å². The van der Waals surface area contributed by atoms with Gasteiger partial charge in [-0.1, -0.05) is 13.3 Å². The van der Waals surface area contributed by atoms with Gasteiger partial charge in [0.05, 0.1) is 0 Å². The Hall–Kier alpha value is -1.55. The van der Waals surface area contributed by atoms with Crippen molar-refractivity contribution in [3.8, 4) is 0 Å². The number of likely N-dealkylation sites (tertiary alicyclic amines) is 2. The van der Waals surface area contributed by atoms with Crippen LogP contribution in [0.1, 0.15) is 56.3 Å². The second kappa shape index (κ2) is 8.22. The van der Waals surface area contributed by atoms with Gasteiger partial charge in [0, 0.05) is 43.5 Å². The van der Waals surface area contributed by atoms with Gasteiger partial charge in [-0.3, -0.25) is 9.69 Å². The second-order valence-corrected chi connectivity index (χ2v) is 7.76. The van der Waals surface area contributed by atoms with Crippen LogP contribution in [0.5, 0.6) is 0 Å². The van der Waals surface area contributed by atoms with E-state index in [4.69, 9.17) is 0 Å². The van der Waals surface area contributed by atoms with E-state index in [2.05, 4.69) is 47.7 Å². The van der Waals surface area contributed by atoms with E-state index >= 15 is 0 Å². The number of carbonyl (C=O) groups excluding carboxylic acids is 1.